The van der Waals surface area contributed by atoms with Crippen LogP contribution in [0.15, 0.2) is 23.3 Å². The lowest BCUT2D eigenvalue weighted by Crippen LogP contribution is -2.41. The third-order valence-electron chi connectivity index (χ3n) is 3.50. The van der Waals surface area contributed by atoms with E-state index >= 15 is 0 Å². The predicted molar refractivity (Wildman–Crippen MR) is 74.6 cm³/mol. The van der Waals surface area contributed by atoms with Crippen LogP contribution in [0.1, 0.15) is 43.4 Å². The van der Waals surface area contributed by atoms with Crippen LogP contribution in [0.3, 0.4) is 0 Å². The molecule has 7 heteroatoms. The molecule has 1 aliphatic carbocycles. The van der Waals surface area contributed by atoms with Gasteiger partial charge in [-0.15, -0.1) is 0 Å². The van der Waals surface area contributed by atoms with Gasteiger partial charge >= 0.3 is 6.18 Å². The van der Waals surface area contributed by atoms with Gasteiger partial charge in [0, 0.05) is 12.2 Å². The number of nitrogens with one attached hydrogen (secondary N) is 1. The number of guanidine groups is 1. The highest BCUT2D eigenvalue weighted by Gasteiger charge is 2.32. The maximum Gasteiger partial charge on any atom is 0.433 e. The van der Waals surface area contributed by atoms with E-state index in [0.717, 1.165) is 25.1 Å². The minimum Gasteiger partial charge on any atom is -0.370 e. The van der Waals surface area contributed by atoms with E-state index in [0.29, 0.717) is 11.6 Å². The van der Waals surface area contributed by atoms with Crippen molar-refractivity contribution in [3.63, 3.8) is 0 Å². The molecule has 1 heterocycles. The number of hydrogen-bond donors (Lipinski definition) is 2. The average molecular weight is 300 g/mol. The molecule has 0 atom stereocenters. The zero-order valence-electron chi connectivity index (χ0n) is 11.7. The van der Waals surface area contributed by atoms with Crippen LogP contribution in [-0.2, 0) is 12.7 Å². The third-order valence-corrected chi connectivity index (χ3v) is 3.50. The quantitative estimate of drug-likeness (QED) is 0.666. The van der Waals surface area contributed by atoms with Crippen molar-refractivity contribution in [3.05, 3.63) is 29.6 Å². The largest absolute Gasteiger partial charge is 0.433 e. The molecular weight excluding hydrogens is 281 g/mol. The fourth-order valence-electron chi connectivity index (χ4n) is 2.41. The van der Waals surface area contributed by atoms with Crippen molar-refractivity contribution in [1.29, 1.82) is 0 Å². The fourth-order valence-corrected chi connectivity index (χ4v) is 2.41. The lowest BCUT2D eigenvalue weighted by atomic mass is 9.96. The Bertz CT molecular complexity index is 493. The number of alkyl halides is 3. The SMILES string of the molecule is NC(=NCc1ccnc(C(F)(F)F)c1)NC1CCCCC1. The Labute approximate surface area is 121 Å². The molecular formula is C14H19F3N4. The van der Waals surface area contributed by atoms with Crippen molar-refractivity contribution in [2.24, 2.45) is 10.7 Å². The van der Waals surface area contributed by atoms with Gasteiger partial charge in [-0.05, 0) is 30.5 Å². The van der Waals surface area contributed by atoms with Gasteiger partial charge in [-0.3, -0.25) is 4.98 Å². The summed E-state index contributed by atoms with van der Waals surface area (Å²) in [5, 5.41) is 3.12. The lowest BCUT2D eigenvalue weighted by molar-refractivity contribution is -0.141. The van der Waals surface area contributed by atoms with Gasteiger partial charge in [0.15, 0.2) is 5.96 Å². The first-order valence-electron chi connectivity index (χ1n) is 7.04. The molecule has 0 unspecified atom stereocenters. The molecule has 4 nitrogen and oxygen atoms in total. The van der Waals surface area contributed by atoms with Gasteiger partial charge in [0.05, 0.1) is 6.54 Å². The highest BCUT2D eigenvalue weighted by Crippen LogP contribution is 2.27. The maximum atomic E-state index is 12.5. The molecule has 1 saturated carbocycles. The van der Waals surface area contributed by atoms with Crippen LogP contribution < -0.4 is 11.1 Å². The van der Waals surface area contributed by atoms with Crippen LogP contribution >= 0.6 is 0 Å². The van der Waals surface area contributed by atoms with E-state index in [1.165, 1.54) is 25.3 Å². The Hall–Kier alpha value is -1.79. The van der Waals surface area contributed by atoms with E-state index in [-0.39, 0.29) is 12.5 Å². The van der Waals surface area contributed by atoms with Gasteiger partial charge in [0.2, 0.25) is 0 Å². The summed E-state index contributed by atoms with van der Waals surface area (Å²) in [6, 6.07) is 2.83. The minimum absolute atomic E-state index is 0.108. The number of nitrogens with two attached hydrogens (primary N) is 1. The Kier molecular flexibility index (Phi) is 5.03. The van der Waals surface area contributed by atoms with Crippen LogP contribution in [-0.4, -0.2) is 17.0 Å². The summed E-state index contributed by atoms with van der Waals surface area (Å²) < 4.78 is 37.6. The molecule has 1 aromatic heterocycles. The number of aromatic nitrogens is 1. The number of aliphatic imine (C=N–C) groups is 1. The van der Waals surface area contributed by atoms with E-state index in [2.05, 4.69) is 15.3 Å². The van der Waals surface area contributed by atoms with Gasteiger partial charge in [0.25, 0.3) is 0 Å². The fraction of sp³-hybridized carbons (Fsp3) is 0.571. The molecule has 3 N–H and O–H groups in total. The molecule has 0 radical (unpaired) electrons. The van der Waals surface area contributed by atoms with E-state index in [1.54, 1.807) is 0 Å². The molecule has 116 valence electrons. The Balaban J connectivity index is 1.93. The Morgan fingerprint density at radius 3 is 2.71 bits per heavy atom. The van der Waals surface area contributed by atoms with Gasteiger partial charge in [-0.25, -0.2) is 4.99 Å². The third kappa shape index (κ3) is 4.91. The van der Waals surface area contributed by atoms with Crippen molar-refractivity contribution in [1.82, 2.24) is 10.3 Å². The highest BCUT2D eigenvalue weighted by molar-refractivity contribution is 5.78. The molecule has 0 bridgehead atoms. The Morgan fingerprint density at radius 2 is 2.05 bits per heavy atom. The molecule has 2 rings (SSSR count). The van der Waals surface area contributed by atoms with Gasteiger partial charge in [0.1, 0.15) is 5.69 Å². The summed E-state index contributed by atoms with van der Waals surface area (Å²) in [5.74, 6) is 0.285. The van der Waals surface area contributed by atoms with Crippen molar-refractivity contribution in [2.75, 3.05) is 0 Å². The van der Waals surface area contributed by atoms with Crippen LogP contribution in [0.2, 0.25) is 0 Å². The van der Waals surface area contributed by atoms with E-state index in [4.69, 9.17) is 5.73 Å². The molecule has 0 saturated heterocycles. The Morgan fingerprint density at radius 1 is 1.33 bits per heavy atom. The number of nitrogens with zero attached hydrogens (tertiary/aromatic N) is 2. The summed E-state index contributed by atoms with van der Waals surface area (Å²) >= 11 is 0. The van der Waals surface area contributed by atoms with Crippen molar-refractivity contribution in [3.8, 4) is 0 Å². The normalized spacial score (nSPS) is 17.8. The summed E-state index contributed by atoms with van der Waals surface area (Å²) in [5.41, 5.74) is 5.30. The first kappa shape index (κ1) is 15.6. The molecule has 0 aliphatic heterocycles. The molecule has 21 heavy (non-hydrogen) atoms. The van der Waals surface area contributed by atoms with E-state index < -0.39 is 11.9 Å². The standard InChI is InChI=1S/C14H19F3N4/c15-14(16,17)12-8-10(6-7-19-12)9-20-13(18)21-11-4-2-1-3-5-11/h6-8,11H,1-5,9H2,(H3,18,20,21). The van der Waals surface area contributed by atoms with Crippen LogP contribution in [0.25, 0.3) is 0 Å². The first-order chi connectivity index (χ1) is 9.95. The summed E-state index contributed by atoms with van der Waals surface area (Å²) in [4.78, 5) is 7.41. The van der Waals surface area contributed by atoms with Crippen molar-refractivity contribution >= 4 is 5.96 Å². The topological polar surface area (TPSA) is 63.3 Å². The smallest absolute Gasteiger partial charge is 0.370 e. The maximum absolute atomic E-state index is 12.5. The number of hydrogen-bond acceptors (Lipinski definition) is 2. The zero-order valence-corrected chi connectivity index (χ0v) is 11.7. The second-order valence-electron chi connectivity index (χ2n) is 5.23. The summed E-state index contributed by atoms with van der Waals surface area (Å²) in [6.45, 7) is 0.108. The summed E-state index contributed by atoms with van der Waals surface area (Å²) in [7, 11) is 0. The molecule has 1 fully saturated rings. The molecule has 0 amide bonds. The average Bonchev–Trinajstić information content (AvgIpc) is 2.46. The lowest BCUT2D eigenvalue weighted by Gasteiger charge is -2.23. The molecule has 1 aliphatic rings. The molecule has 0 spiro atoms. The summed E-state index contributed by atoms with van der Waals surface area (Å²) in [6.07, 6.45) is 2.40. The van der Waals surface area contributed by atoms with Crippen LogP contribution in [0.4, 0.5) is 13.2 Å². The first-order valence-corrected chi connectivity index (χ1v) is 7.04. The zero-order chi connectivity index (χ0) is 15.3. The van der Waals surface area contributed by atoms with Crippen molar-refractivity contribution < 1.29 is 13.2 Å². The number of rotatable bonds is 3. The molecule has 0 aromatic carbocycles. The van der Waals surface area contributed by atoms with Crippen LogP contribution in [0, 0.1) is 0 Å². The van der Waals surface area contributed by atoms with Crippen molar-refractivity contribution in [2.45, 2.75) is 50.9 Å². The second-order valence-corrected chi connectivity index (χ2v) is 5.23. The van der Waals surface area contributed by atoms with E-state index in [9.17, 15) is 13.2 Å². The van der Waals surface area contributed by atoms with E-state index in [1.807, 2.05) is 0 Å². The highest BCUT2D eigenvalue weighted by atomic mass is 19.4. The minimum atomic E-state index is -4.44. The van der Waals surface area contributed by atoms with Gasteiger partial charge in [-0.1, -0.05) is 19.3 Å². The second kappa shape index (κ2) is 6.78. The number of halogens is 3. The van der Waals surface area contributed by atoms with Gasteiger partial charge < -0.3 is 11.1 Å². The monoisotopic (exact) mass is 300 g/mol. The van der Waals surface area contributed by atoms with Gasteiger partial charge in [-0.2, -0.15) is 13.2 Å². The van der Waals surface area contributed by atoms with Crippen LogP contribution in [0.5, 0.6) is 0 Å². The predicted octanol–water partition coefficient (Wildman–Crippen LogP) is 2.84. The number of pyridine rings is 1. The molecule has 1 aromatic rings.